The molecule has 2 bridgehead atoms. The summed E-state index contributed by atoms with van der Waals surface area (Å²) in [6, 6.07) is 28.8. The number of methoxy groups -OCH3 is 3. The lowest BCUT2D eigenvalue weighted by Gasteiger charge is -2.55. The van der Waals surface area contributed by atoms with E-state index in [2.05, 4.69) is 42.5 Å². The third-order valence-corrected chi connectivity index (χ3v) is 7.83. The van der Waals surface area contributed by atoms with E-state index in [4.69, 9.17) is 14.2 Å². The van der Waals surface area contributed by atoms with E-state index in [-0.39, 0.29) is 0 Å². The molecule has 3 aliphatic rings. The highest BCUT2D eigenvalue weighted by Gasteiger charge is 2.61. The maximum absolute atomic E-state index is 12.9. The van der Waals surface area contributed by atoms with Gasteiger partial charge in [0.25, 0.3) is 0 Å². The largest absolute Gasteiger partial charge is 0.496 e. The lowest BCUT2D eigenvalue weighted by atomic mass is 9.49. The number of aliphatic hydroxyl groups is 1. The Morgan fingerprint density at radius 3 is 1.40 bits per heavy atom. The van der Waals surface area contributed by atoms with Gasteiger partial charge in [-0.3, -0.25) is 0 Å². The van der Waals surface area contributed by atoms with Gasteiger partial charge >= 0.3 is 0 Å². The highest BCUT2D eigenvalue weighted by atomic mass is 16.5. The normalized spacial score (nSPS) is 21.0. The summed E-state index contributed by atoms with van der Waals surface area (Å²) in [6.45, 7) is 0. The molecular weight excluding hydrogens is 436 g/mol. The highest BCUT2D eigenvalue weighted by Crippen LogP contribution is 2.67. The third kappa shape index (κ3) is 2.72. The molecule has 4 aromatic carbocycles. The molecule has 0 spiro atoms. The lowest BCUT2D eigenvalue weighted by molar-refractivity contribution is 0.0950. The molecule has 4 nitrogen and oxygen atoms in total. The summed E-state index contributed by atoms with van der Waals surface area (Å²) < 4.78 is 17.6. The predicted molar refractivity (Wildman–Crippen MR) is 136 cm³/mol. The Balaban J connectivity index is 1.76. The van der Waals surface area contributed by atoms with Crippen molar-refractivity contribution in [1.29, 1.82) is 0 Å². The van der Waals surface area contributed by atoms with Crippen molar-refractivity contribution >= 4 is 0 Å². The molecule has 0 atom stereocenters. The smallest absolute Gasteiger partial charge is 0.152 e. The van der Waals surface area contributed by atoms with Crippen LogP contribution in [0.1, 0.15) is 45.4 Å². The summed E-state index contributed by atoms with van der Waals surface area (Å²) in [4.78, 5) is 0. The van der Waals surface area contributed by atoms with Crippen molar-refractivity contribution in [3.05, 3.63) is 124 Å². The summed E-state index contributed by atoms with van der Waals surface area (Å²) in [5.74, 6) is 1.96. The van der Waals surface area contributed by atoms with Gasteiger partial charge in [0, 0.05) is 22.1 Å². The summed E-state index contributed by atoms with van der Waals surface area (Å²) in [5, 5.41) is 12.9. The molecule has 0 heterocycles. The quantitative estimate of drug-likeness (QED) is 0.404. The monoisotopic (exact) mass is 464 g/mol. The van der Waals surface area contributed by atoms with Gasteiger partial charge in [0.15, 0.2) is 5.60 Å². The van der Waals surface area contributed by atoms with Crippen molar-refractivity contribution in [3.8, 4) is 17.2 Å². The molecule has 0 fully saturated rings. The molecular formula is C31H28O4. The fraction of sp³-hybridized carbons (Fsp3) is 0.226. The van der Waals surface area contributed by atoms with E-state index in [1.807, 2.05) is 42.5 Å². The molecule has 0 radical (unpaired) electrons. The van der Waals surface area contributed by atoms with Gasteiger partial charge in [-0.05, 0) is 53.3 Å². The average Bonchev–Trinajstić information content (AvgIpc) is 2.92. The summed E-state index contributed by atoms with van der Waals surface area (Å²) in [6.07, 6.45) is 1.68. The minimum Gasteiger partial charge on any atom is -0.496 e. The number of benzene rings is 4. The lowest BCUT2D eigenvalue weighted by Crippen LogP contribution is -2.51. The van der Waals surface area contributed by atoms with Crippen LogP contribution in [-0.2, 0) is 17.4 Å². The molecule has 0 aromatic heterocycles. The van der Waals surface area contributed by atoms with E-state index in [0.29, 0.717) is 17.2 Å². The molecule has 0 saturated heterocycles. The van der Waals surface area contributed by atoms with Crippen LogP contribution < -0.4 is 14.2 Å². The maximum atomic E-state index is 12.9. The average molecular weight is 465 g/mol. The van der Waals surface area contributed by atoms with Gasteiger partial charge in [-0.15, -0.1) is 0 Å². The number of aryl methyl sites for hydroxylation is 1. The van der Waals surface area contributed by atoms with Gasteiger partial charge in [-0.2, -0.15) is 0 Å². The van der Waals surface area contributed by atoms with Crippen LogP contribution in [0.4, 0.5) is 0 Å². The SMILES string of the molecule is COc1cccc2c1C1(O)c3c(OC)cccc3C2(CCc2ccccc2)c2cccc(OC)c21. The Kier molecular flexibility index (Phi) is 4.90. The van der Waals surface area contributed by atoms with E-state index in [9.17, 15) is 5.11 Å². The number of hydrogen-bond acceptors (Lipinski definition) is 4. The summed E-state index contributed by atoms with van der Waals surface area (Å²) in [5.41, 5.74) is 4.77. The van der Waals surface area contributed by atoms with E-state index in [1.165, 1.54) is 5.56 Å². The van der Waals surface area contributed by atoms with Crippen LogP contribution in [0.15, 0.2) is 84.9 Å². The van der Waals surface area contributed by atoms with Crippen LogP contribution in [0.3, 0.4) is 0 Å². The topological polar surface area (TPSA) is 47.9 Å². The summed E-state index contributed by atoms with van der Waals surface area (Å²) >= 11 is 0. The van der Waals surface area contributed by atoms with Crippen molar-refractivity contribution < 1.29 is 19.3 Å². The first-order chi connectivity index (χ1) is 17.1. The third-order valence-electron chi connectivity index (χ3n) is 7.83. The van der Waals surface area contributed by atoms with E-state index >= 15 is 0 Å². The second-order valence-corrected chi connectivity index (χ2v) is 9.25. The molecule has 4 aromatic rings. The van der Waals surface area contributed by atoms with Crippen LogP contribution in [-0.4, -0.2) is 26.4 Å². The van der Waals surface area contributed by atoms with Crippen LogP contribution >= 0.6 is 0 Å². The van der Waals surface area contributed by atoms with Gasteiger partial charge in [0.1, 0.15) is 17.2 Å². The van der Waals surface area contributed by atoms with Gasteiger partial charge in [0.05, 0.1) is 21.3 Å². The van der Waals surface area contributed by atoms with Crippen LogP contribution in [0.5, 0.6) is 17.2 Å². The molecule has 0 saturated carbocycles. The van der Waals surface area contributed by atoms with Gasteiger partial charge in [-0.1, -0.05) is 66.7 Å². The molecule has 4 heteroatoms. The standard InChI is InChI=1S/C31H28O4/c1-33-24-15-7-12-21-27(24)31(32)28-22(13-8-16-25(28)34-2)30(21,19-18-20-10-5-4-6-11-20)23-14-9-17-26(35-3)29(23)31/h4-17,32H,18-19H2,1-3H3. The minimum atomic E-state index is -1.49. The van der Waals surface area contributed by atoms with Crippen molar-refractivity contribution in [2.45, 2.75) is 23.9 Å². The van der Waals surface area contributed by atoms with Crippen molar-refractivity contribution in [1.82, 2.24) is 0 Å². The molecule has 0 aliphatic heterocycles. The zero-order valence-electron chi connectivity index (χ0n) is 20.2. The molecule has 0 amide bonds. The summed E-state index contributed by atoms with van der Waals surface area (Å²) in [7, 11) is 4.97. The Bertz CT molecular complexity index is 1290. The Labute approximate surface area is 205 Å². The second kappa shape index (κ2) is 7.89. The van der Waals surface area contributed by atoms with Gasteiger partial charge in [0.2, 0.25) is 0 Å². The molecule has 0 unspecified atom stereocenters. The van der Waals surface area contributed by atoms with E-state index in [1.54, 1.807) is 21.3 Å². The first kappa shape index (κ1) is 21.8. The molecule has 7 rings (SSSR count). The highest BCUT2D eigenvalue weighted by molar-refractivity contribution is 5.79. The zero-order chi connectivity index (χ0) is 24.2. The fourth-order valence-corrected chi connectivity index (χ4v) is 6.48. The molecule has 176 valence electrons. The van der Waals surface area contributed by atoms with Crippen LogP contribution in [0, 0.1) is 0 Å². The van der Waals surface area contributed by atoms with Crippen LogP contribution in [0.25, 0.3) is 0 Å². The Morgan fingerprint density at radius 2 is 1.00 bits per heavy atom. The number of hydrogen-bond donors (Lipinski definition) is 1. The first-order valence-corrected chi connectivity index (χ1v) is 11.9. The van der Waals surface area contributed by atoms with Crippen molar-refractivity contribution in [2.24, 2.45) is 0 Å². The molecule has 1 N–H and O–H groups in total. The van der Waals surface area contributed by atoms with Gasteiger partial charge < -0.3 is 19.3 Å². The van der Waals surface area contributed by atoms with E-state index in [0.717, 1.165) is 46.2 Å². The first-order valence-electron chi connectivity index (χ1n) is 11.9. The number of rotatable bonds is 6. The maximum Gasteiger partial charge on any atom is 0.152 e. The molecule has 35 heavy (non-hydrogen) atoms. The van der Waals surface area contributed by atoms with Crippen LogP contribution in [0.2, 0.25) is 0 Å². The molecule has 3 aliphatic carbocycles. The number of ether oxygens (including phenoxy) is 3. The zero-order valence-corrected chi connectivity index (χ0v) is 20.2. The van der Waals surface area contributed by atoms with Gasteiger partial charge in [-0.25, -0.2) is 0 Å². The fourth-order valence-electron chi connectivity index (χ4n) is 6.48. The second-order valence-electron chi connectivity index (χ2n) is 9.25. The Morgan fingerprint density at radius 1 is 0.571 bits per heavy atom. The minimum absolute atomic E-state index is 0.516. The van der Waals surface area contributed by atoms with E-state index < -0.39 is 11.0 Å². The van der Waals surface area contributed by atoms with Crippen molar-refractivity contribution in [3.63, 3.8) is 0 Å². The Hall–Kier alpha value is -3.76. The van der Waals surface area contributed by atoms with Crippen molar-refractivity contribution in [2.75, 3.05) is 21.3 Å². The predicted octanol–water partition coefficient (Wildman–Crippen LogP) is 5.59.